The highest BCUT2D eigenvalue weighted by molar-refractivity contribution is 7.92. The maximum atomic E-state index is 12.8. The Labute approximate surface area is 204 Å². The monoisotopic (exact) mass is 504 g/mol. The van der Waals surface area contributed by atoms with Crippen LogP contribution in [0.2, 0.25) is 5.02 Å². The summed E-state index contributed by atoms with van der Waals surface area (Å²) in [6.45, 7) is 1.59. The van der Waals surface area contributed by atoms with E-state index in [1.54, 1.807) is 67.6 Å². The minimum absolute atomic E-state index is 0.365. The second-order valence-electron chi connectivity index (χ2n) is 7.37. The number of sulfonamides is 1. The van der Waals surface area contributed by atoms with E-state index in [4.69, 9.17) is 25.8 Å². The van der Waals surface area contributed by atoms with E-state index in [1.807, 2.05) is 6.07 Å². The van der Waals surface area contributed by atoms with E-state index in [0.717, 1.165) is 10.6 Å². The molecule has 0 radical (unpaired) electrons. The Morgan fingerprint density at radius 3 is 2.26 bits per heavy atom. The summed E-state index contributed by atoms with van der Waals surface area (Å²) in [7, 11) is -0.382. The molecule has 0 aliphatic rings. The van der Waals surface area contributed by atoms with Crippen LogP contribution in [-0.4, -0.2) is 40.8 Å². The summed E-state index contributed by atoms with van der Waals surface area (Å²) in [6, 6.07) is 18.4. The molecule has 1 amide bonds. The zero-order chi connectivity index (χ0) is 24.9. The van der Waals surface area contributed by atoms with Gasteiger partial charge in [-0.1, -0.05) is 23.7 Å². The molecular formula is C24H25ClN2O6S. The van der Waals surface area contributed by atoms with E-state index in [-0.39, 0.29) is 0 Å². The summed E-state index contributed by atoms with van der Waals surface area (Å²) in [5, 5.41) is 3.20. The topological polar surface area (TPSA) is 94.2 Å². The first kappa shape index (κ1) is 25.2. The molecule has 3 rings (SSSR count). The first-order valence-electron chi connectivity index (χ1n) is 10.2. The molecule has 8 nitrogen and oxygen atoms in total. The highest BCUT2D eigenvalue weighted by atomic mass is 35.5. The van der Waals surface area contributed by atoms with Gasteiger partial charge in [-0.15, -0.1) is 0 Å². The molecule has 0 aliphatic carbocycles. The molecule has 1 atom stereocenters. The molecule has 34 heavy (non-hydrogen) atoms. The summed E-state index contributed by atoms with van der Waals surface area (Å²) >= 11 is 6.13. The van der Waals surface area contributed by atoms with E-state index in [1.165, 1.54) is 14.2 Å². The summed E-state index contributed by atoms with van der Waals surface area (Å²) in [6.07, 6.45) is 0.252. The molecule has 0 fully saturated rings. The van der Waals surface area contributed by atoms with Gasteiger partial charge in [0.25, 0.3) is 5.91 Å². The van der Waals surface area contributed by atoms with Crippen LogP contribution in [0.3, 0.4) is 0 Å². The molecule has 180 valence electrons. The minimum Gasteiger partial charge on any atom is -0.493 e. The zero-order valence-electron chi connectivity index (χ0n) is 19.1. The van der Waals surface area contributed by atoms with Crippen molar-refractivity contribution in [3.05, 3.63) is 71.8 Å². The molecule has 0 spiro atoms. The summed E-state index contributed by atoms with van der Waals surface area (Å²) in [5.74, 6) is 1.37. The van der Waals surface area contributed by atoms with Gasteiger partial charge in [-0.3, -0.25) is 9.10 Å². The number of nitrogens with zero attached hydrogens (tertiary/aromatic N) is 1. The number of anilines is 2. The fraction of sp³-hybridized carbons (Fsp3) is 0.208. The number of carbonyl (C=O) groups is 1. The third-order valence-corrected chi connectivity index (χ3v) is 6.31. The van der Waals surface area contributed by atoms with Crippen molar-refractivity contribution in [2.24, 2.45) is 0 Å². The number of rotatable bonds is 9. The Morgan fingerprint density at radius 2 is 1.65 bits per heavy atom. The van der Waals surface area contributed by atoms with Gasteiger partial charge in [0.15, 0.2) is 23.4 Å². The second kappa shape index (κ2) is 10.7. The smallest absolute Gasteiger partial charge is 0.265 e. The van der Waals surface area contributed by atoms with Crippen molar-refractivity contribution in [2.75, 3.05) is 30.0 Å². The van der Waals surface area contributed by atoms with Crippen LogP contribution in [0, 0.1) is 0 Å². The lowest BCUT2D eigenvalue weighted by molar-refractivity contribution is -0.122. The van der Waals surface area contributed by atoms with Crippen molar-refractivity contribution in [1.82, 2.24) is 0 Å². The van der Waals surface area contributed by atoms with Crippen molar-refractivity contribution in [3.63, 3.8) is 0 Å². The average molecular weight is 505 g/mol. The highest BCUT2D eigenvalue weighted by Gasteiger charge is 2.19. The number of amides is 1. The maximum absolute atomic E-state index is 12.8. The van der Waals surface area contributed by atoms with E-state index >= 15 is 0 Å². The normalized spacial score (nSPS) is 11.9. The molecule has 0 aromatic heterocycles. The summed E-state index contributed by atoms with van der Waals surface area (Å²) < 4.78 is 41.5. The first-order valence-corrected chi connectivity index (χ1v) is 12.4. The third kappa shape index (κ3) is 6.33. The van der Waals surface area contributed by atoms with E-state index < -0.39 is 22.0 Å². The Morgan fingerprint density at radius 1 is 1.00 bits per heavy atom. The fourth-order valence-electron chi connectivity index (χ4n) is 2.93. The number of ether oxygens (including phenoxy) is 3. The number of hydrogen-bond donors (Lipinski definition) is 1. The lowest BCUT2D eigenvalue weighted by Gasteiger charge is -2.19. The number of benzene rings is 3. The Balaban J connectivity index is 1.72. The van der Waals surface area contributed by atoms with Crippen LogP contribution in [0.25, 0.3) is 0 Å². The molecule has 3 aromatic carbocycles. The van der Waals surface area contributed by atoms with Crippen LogP contribution >= 0.6 is 11.6 Å². The number of nitrogens with one attached hydrogen (secondary N) is 1. The van der Waals surface area contributed by atoms with Crippen molar-refractivity contribution in [2.45, 2.75) is 13.0 Å². The van der Waals surface area contributed by atoms with Gasteiger partial charge < -0.3 is 19.5 Å². The number of hydrogen-bond acceptors (Lipinski definition) is 6. The van der Waals surface area contributed by atoms with Crippen LogP contribution in [0.1, 0.15) is 6.92 Å². The van der Waals surface area contributed by atoms with Crippen LogP contribution in [0.15, 0.2) is 66.7 Å². The standard InChI is InChI=1S/C24H25ClN2O6S/c1-16(32-19-12-10-18(11-13-19)27(2)34(4,29)30)24(28)26-20-15-17(25)9-14-21(20)33-23-8-6-5-7-22(23)31-3/h5-16H,1-4H3,(H,26,28)/t16-/m0/s1. The molecule has 1 N–H and O–H groups in total. The first-order chi connectivity index (χ1) is 16.1. The molecular weight excluding hydrogens is 480 g/mol. The quantitative estimate of drug-likeness (QED) is 0.443. The predicted molar refractivity (Wildman–Crippen MR) is 133 cm³/mol. The highest BCUT2D eigenvalue weighted by Crippen LogP contribution is 2.36. The fourth-order valence-corrected chi connectivity index (χ4v) is 3.61. The Bertz CT molecular complexity index is 1260. The van der Waals surface area contributed by atoms with E-state index in [9.17, 15) is 13.2 Å². The second-order valence-corrected chi connectivity index (χ2v) is 9.82. The summed E-state index contributed by atoms with van der Waals surface area (Å²) in [5.41, 5.74) is 0.841. The van der Waals surface area contributed by atoms with Crippen molar-refractivity contribution in [3.8, 4) is 23.0 Å². The van der Waals surface area contributed by atoms with Crippen molar-refractivity contribution < 1.29 is 27.4 Å². The summed E-state index contributed by atoms with van der Waals surface area (Å²) in [4.78, 5) is 12.8. The predicted octanol–water partition coefficient (Wildman–Crippen LogP) is 4.94. The van der Waals surface area contributed by atoms with Crippen LogP contribution in [0.4, 0.5) is 11.4 Å². The Hall–Kier alpha value is -3.43. The van der Waals surface area contributed by atoms with Crippen LogP contribution < -0.4 is 23.8 Å². The number of halogens is 1. The maximum Gasteiger partial charge on any atom is 0.265 e. The Kier molecular flexibility index (Phi) is 7.90. The van der Waals surface area contributed by atoms with Gasteiger partial charge in [-0.05, 0) is 61.5 Å². The van der Waals surface area contributed by atoms with Crippen LogP contribution in [-0.2, 0) is 14.8 Å². The van der Waals surface area contributed by atoms with E-state index in [0.29, 0.717) is 39.4 Å². The van der Waals surface area contributed by atoms with Gasteiger partial charge in [-0.25, -0.2) is 8.42 Å². The van der Waals surface area contributed by atoms with Gasteiger partial charge in [0.1, 0.15) is 5.75 Å². The molecule has 3 aromatic rings. The molecule has 0 unspecified atom stereocenters. The molecule has 0 saturated heterocycles. The molecule has 10 heteroatoms. The largest absolute Gasteiger partial charge is 0.493 e. The number of para-hydroxylation sites is 2. The SMILES string of the molecule is COc1ccccc1Oc1ccc(Cl)cc1NC(=O)[C@H](C)Oc1ccc(N(C)S(C)(=O)=O)cc1. The van der Waals surface area contributed by atoms with Gasteiger partial charge in [-0.2, -0.15) is 0 Å². The van der Waals surface area contributed by atoms with Gasteiger partial charge in [0.05, 0.1) is 24.7 Å². The molecule has 0 bridgehead atoms. The third-order valence-electron chi connectivity index (χ3n) is 4.87. The van der Waals surface area contributed by atoms with E-state index in [2.05, 4.69) is 5.32 Å². The van der Waals surface area contributed by atoms with Crippen molar-refractivity contribution in [1.29, 1.82) is 0 Å². The zero-order valence-corrected chi connectivity index (χ0v) is 20.7. The number of carbonyl (C=O) groups excluding carboxylic acids is 1. The minimum atomic E-state index is -3.38. The lowest BCUT2D eigenvalue weighted by atomic mass is 10.2. The van der Waals surface area contributed by atoms with Gasteiger partial charge in [0.2, 0.25) is 10.0 Å². The van der Waals surface area contributed by atoms with Gasteiger partial charge in [0, 0.05) is 12.1 Å². The lowest BCUT2D eigenvalue weighted by Crippen LogP contribution is -2.30. The molecule has 0 heterocycles. The van der Waals surface area contributed by atoms with Crippen LogP contribution in [0.5, 0.6) is 23.0 Å². The number of methoxy groups -OCH3 is 1. The molecule has 0 aliphatic heterocycles. The average Bonchev–Trinajstić information content (AvgIpc) is 2.80. The molecule has 0 saturated carbocycles. The van der Waals surface area contributed by atoms with Crippen molar-refractivity contribution >= 4 is 38.9 Å². The van der Waals surface area contributed by atoms with Gasteiger partial charge >= 0.3 is 0 Å².